The summed E-state index contributed by atoms with van der Waals surface area (Å²) >= 11 is 6.02. The SMILES string of the molecule is Cc1cc(O)c(-c2ccccc2)cc1Cl. The molecule has 0 aliphatic rings. The summed E-state index contributed by atoms with van der Waals surface area (Å²) in [5, 5.41) is 10.5. The molecule has 0 aliphatic heterocycles. The average Bonchev–Trinajstić information content (AvgIpc) is 2.25. The number of aromatic hydroxyl groups is 1. The van der Waals surface area contributed by atoms with Gasteiger partial charge in [-0.05, 0) is 30.2 Å². The zero-order valence-electron chi connectivity index (χ0n) is 8.37. The second-order valence-electron chi connectivity index (χ2n) is 3.48. The summed E-state index contributed by atoms with van der Waals surface area (Å²) in [6.45, 7) is 1.87. The van der Waals surface area contributed by atoms with Gasteiger partial charge in [0.25, 0.3) is 0 Å². The summed E-state index contributed by atoms with van der Waals surface area (Å²) < 4.78 is 0. The molecule has 2 aromatic rings. The number of aryl methyl sites for hydroxylation is 1. The molecule has 0 amide bonds. The zero-order chi connectivity index (χ0) is 10.8. The van der Waals surface area contributed by atoms with Crippen LogP contribution >= 0.6 is 11.6 Å². The highest BCUT2D eigenvalue weighted by atomic mass is 35.5. The van der Waals surface area contributed by atoms with Crippen molar-refractivity contribution in [2.45, 2.75) is 6.92 Å². The Kier molecular flexibility index (Phi) is 2.65. The van der Waals surface area contributed by atoms with Gasteiger partial charge in [-0.3, -0.25) is 0 Å². The largest absolute Gasteiger partial charge is 0.507 e. The number of halogens is 1. The van der Waals surface area contributed by atoms with E-state index in [2.05, 4.69) is 0 Å². The molecule has 0 fully saturated rings. The van der Waals surface area contributed by atoms with Crippen molar-refractivity contribution in [1.29, 1.82) is 0 Å². The fraction of sp³-hybridized carbons (Fsp3) is 0.0769. The van der Waals surface area contributed by atoms with Crippen LogP contribution < -0.4 is 0 Å². The van der Waals surface area contributed by atoms with Gasteiger partial charge < -0.3 is 5.11 Å². The van der Waals surface area contributed by atoms with Gasteiger partial charge >= 0.3 is 0 Å². The molecule has 0 unspecified atom stereocenters. The smallest absolute Gasteiger partial charge is 0.123 e. The Morgan fingerprint density at radius 1 is 1.07 bits per heavy atom. The monoisotopic (exact) mass is 218 g/mol. The normalized spacial score (nSPS) is 10.3. The van der Waals surface area contributed by atoms with Crippen molar-refractivity contribution in [2.24, 2.45) is 0 Å². The molecule has 0 heterocycles. The van der Waals surface area contributed by atoms with Crippen LogP contribution in [0.4, 0.5) is 0 Å². The van der Waals surface area contributed by atoms with Crippen LogP contribution in [0.5, 0.6) is 5.75 Å². The Bertz CT molecular complexity index is 477. The molecule has 0 aromatic heterocycles. The first-order chi connectivity index (χ1) is 7.18. The van der Waals surface area contributed by atoms with Crippen molar-refractivity contribution < 1.29 is 5.11 Å². The minimum Gasteiger partial charge on any atom is -0.507 e. The Balaban J connectivity index is 2.59. The summed E-state index contributed by atoms with van der Waals surface area (Å²) in [4.78, 5) is 0. The van der Waals surface area contributed by atoms with Crippen LogP contribution in [-0.2, 0) is 0 Å². The molecule has 15 heavy (non-hydrogen) atoms. The predicted octanol–water partition coefficient (Wildman–Crippen LogP) is 4.02. The maximum atomic E-state index is 9.81. The van der Waals surface area contributed by atoms with E-state index in [1.165, 1.54) is 0 Å². The maximum Gasteiger partial charge on any atom is 0.123 e. The Hall–Kier alpha value is -1.47. The van der Waals surface area contributed by atoms with E-state index in [0.29, 0.717) is 5.02 Å². The fourth-order valence-corrected chi connectivity index (χ4v) is 1.68. The Labute approximate surface area is 94.0 Å². The van der Waals surface area contributed by atoms with Gasteiger partial charge in [0, 0.05) is 10.6 Å². The van der Waals surface area contributed by atoms with Crippen LogP contribution in [0.1, 0.15) is 5.56 Å². The summed E-state index contributed by atoms with van der Waals surface area (Å²) in [6.07, 6.45) is 0. The second-order valence-corrected chi connectivity index (χ2v) is 3.89. The molecular formula is C13H11ClO. The number of phenols is 1. The van der Waals surface area contributed by atoms with Gasteiger partial charge in [-0.1, -0.05) is 41.9 Å². The van der Waals surface area contributed by atoms with Crippen molar-refractivity contribution in [1.82, 2.24) is 0 Å². The topological polar surface area (TPSA) is 20.2 Å². The molecule has 2 rings (SSSR count). The van der Waals surface area contributed by atoms with Gasteiger partial charge in [0.15, 0.2) is 0 Å². The minimum atomic E-state index is 0.267. The number of benzene rings is 2. The van der Waals surface area contributed by atoms with Crippen molar-refractivity contribution in [3.05, 3.63) is 53.1 Å². The number of phenolic OH excluding ortho intramolecular Hbond substituents is 1. The van der Waals surface area contributed by atoms with Crippen LogP contribution in [0.3, 0.4) is 0 Å². The van der Waals surface area contributed by atoms with E-state index in [4.69, 9.17) is 11.6 Å². The highest BCUT2D eigenvalue weighted by molar-refractivity contribution is 6.31. The first kappa shape index (κ1) is 10.1. The van der Waals surface area contributed by atoms with Gasteiger partial charge in [0.2, 0.25) is 0 Å². The fourth-order valence-electron chi connectivity index (χ4n) is 1.52. The van der Waals surface area contributed by atoms with E-state index in [1.807, 2.05) is 37.3 Å². The standard InChI is InChI=1S/C13H11ClO/c1-9-7-13(15)11(8-12(9)14)10-5-3-2-4-6-10/h2-8,15H,1H3. The Morgan fingerprint density at radius 3 is 2.40 bits per heavy atom. The van der Waals surface area contributed by atoms with Gasteiger partial charge in [-0.15, -0.1) is 0 Å². The van der Waals surface area contributed by atoms with Crippen LogP contribution in [0, 0.1) is 6.92 Å². The predicted molar refractivity (Wildman–Crippen MR) is 63.3 cm³/mol. The molecule has 0 spiro atoms. The molecule has 0 radical (unpaired) electrons. The molecule has 0 atom stereocenters. The number of hydrogen-bond acceptors (Lipinski definition) is 1. The molecule has 1 N–H and O–H groups in total. The van der Waals surface area contributed by atoms with E-state index in [0.717, 1.165) is 16.7 Å². The first-order valence-electron chi connectivity index (χ1n) is 4.73. The van der Waals surface area contributed by atoms with Crippen molar-refractivity contribution in [3.8, 4) is 16.9 Å². The molecule has 2 aromatic carbocycles. The lowest BCUT2D eigenvalue weighted by molar-refractivity contribution is 0.477. The van der Waals surface area contributed by atoms with Crippen molar-refractivity contribution in [3.63, 3.8) is 0 Å². The van der Waals surface area contributed by atoms with E-state index in [-0.39, 0.29) is 5.75 Å². The van der Waals surface area contributed by atoms with Crippen molar-refractivity contribution >= 4 is 11.6 Å². The zero-order valence-corrected chi connectivity index (χ0v) is 9.12. The van der Waals surface area contributed by atoms with Gasteiger partial charge in [0.05, 0.1) is 0 Å². The molecule has 0 saturated carbocycles. The average molecular weight is 219 g/mol. The van der Waals surface area contributed by atoms with E-state index in [9.17, 15) is 5.11 Å². The maximum absolute atomic E-state index is 9.81. The third-order valence-corrected chi connectivity index (χ3v) is 2.77. The molecule has 2 heteroatoms. The van der Waals surface area contributed by atoms with Gasteiger partial charge in [0.1, 0.15) is 5.75 Å². The van der Waals surface area contributed by atoms with E-state index >= 15 is 0 Å². The summed E-state index contributed by atoms with van der Waals surface area (Å²) in [5.41, 5.74) is 2.62. The number of rotatable bonds is 1. The summed E-state index contributed by atoms with van der Waals surface area (Å²) in [7, 11) is 0. The minimum absolute atomic E-state index is 0.267. The highest BCUT2D eigenvalue weighted by Crippen LogP contribution is 2.33. The van der Waals surface area contributed by atoms with E-state index in [1.54, 1.807) is 12.1 Å². The van der Waals surface area contributed by atoms with Crippen LogP contribution in [0.25, 0.3) is 11.1 Å². The molecule has 76 valence electrons. The molecule has 0 bridgehead atoms. The molecule has 0 saturated heterocycles. The lowest BCUT2D eigenvalue weighted by Gasteiger charge is -2.07. The highest BCUT2D eigenvalue weighted by Gasteiger charge is 2.06. The van der Waals surface area contributed by atoms with Crippen LogP contribution in [-0.4, -0.2) is 5.11 Å². The van der Waals surface area contributed by atoms with Gasteiger partial charge in [-0.25, -0.2) is 0 Å². The van der Waals surface area contributed by atoms with Gasteiger partial charge in [-0.2, -0.15) is 0 Å². The Morgan fingerprint density at radius 2 is 1.73 bits per heavy atom. The van der Waals surface area contributed by atoms with Crippen LogP contribution in [0.15, 0.2) is 42.5 Å². The quantitative estimate of drug-likeness (QED) is 0.767. The number of hydrogen-bond donors (Lipinski definition) is 1. The lowest BCUT2D eigenvalue weighted by atomic mass is 10.0. The second kappa shape index (κ2) is 3.95. The first-order valence-corrected chi connectivity index (χ1v) is 5.11. The summed E-state index contributed by atoms with van der Waals surface area (Å²) in [5.74, 6) is 0.267. The molecule has 1 nitrogen and oxygen atoms in total. The molecule has 0 aliphatic carbocycles. The van der Waals surface area contributed by atoms with E-state index < -0.39 is 0 Å². The third-order valence-electron chi connectivity index (χ3n) is 2.36. The van der Waals surface area contributed by atoms with Crippen LogP contribution in [0.2, 0.25) is 5.02 Å². The summed E-state index contributed by atoms with van der Waals surface area (Å²) in [6, 6.07) is 13.2. The third kappa shape index (κ3) is 1.97. The van der Waals surface area contributed by atoms with Crippen molar-refractivity contribution in [2.75, 3.05) is 0 Å². The molecular weight excluding hydrogens is 208 g/mol. The lowest BCUT2D eigenvalue weighted by Crippen LogP contribution is -1.82.